The van der Waals surface area contributed by atoms with Gasteiger partial charge in [0.25, 0.3) is 0 Å². The summed E-state index contributed by atoms with van der Waals surface area (Å²) in [5, 5.41) is 2.29. The first kappa shape index (κ1) is 18.3. The maximum Gasteiger partial charge on any atom is 0.145 e. The molecular formula is C28H24N2O. The van der Waals surface area contributed by atoms with E-state index in [1.165, 1.54) is 33.4 Å². The Balaban J connectivity index is 1.72. The Morgan fingerprint density at radius 2 is 1.55 bits per heavy atom. The van der Waals surface area contributed by atoms with E-state index in [2.05, 4.69) is 71.0 Å². The van der Waals surface area contributed by atoms with Gasteiger partial charge in [-0.15, -0.1) is 0 Å². The summed E-state index contributed by atoms with van der Waals surface area (Å²) < 4.78 is 6.73. The molecule has 3 heterocycles. The Kier molecular flexibility index (Phi) is 3.57. The molecule has 3 nitrogen and oxygen atoms in total. The van der Waals surface area contributed by atoms with Gasteiger partial charge in [0.1, 0.15) is 11.2 Å². The van der Waals surface area contributed by atoms with Crippen molar-refractivity contribution in [2.75, 3.05) is 0 Å². The lowest BCUT2D eigenvalue weighted by atomic mass is 9.84. The second kappa shape index (κ2) is 6.04. The molecule has 31 heavy (non-hydrogen) atoms. The van der Waals surface area contributed by atoms with Crippen molar-refractivity contribution >= 4 is 21.9 Å². The molecule has 0 N–H and O–H groups in total. The summed E-state index contributed by atoms with van der Waals surface area (Å²) in [6.07, 6.45) is 3.84. The predicted molar refractivity (Wildman–Crippen MR) is 127 cm³/mol. The van der Waals surface area contributed by atoms with E-state index in [4.69, 9.17) is 14.4 Å². The molecule has 0 bridgehead atoms. The molecule has 0 unspecified atom stereocenters. The molecule has 1 aliphatic rings. The third-order valence-electron chi connectivity index (χ3n) is 6.96. The minimum Gasteiger partial charge on any atom is -0.455 e. The second-order valence-corrected chi connectivity index (χ2v) is 9.28. The zero-order valence-corrected chi connectivity index (χ0v) is 18.5. The van der Waals surface area contributed by atoms with Crippen LogP contribution in [0.25, 0.3) is 44.3 Å². The Bertz CT molecular complexity index is 1540. The SMILES string of the molecule is Cc1cnc(-c2c(C)ccc3c2oc2c4c(ccc23)-c2cccnc2C4(C)C)cc1C. The fraction of sp³-hybridized carbons (Fsp3) is 0.214. The summed E-state index contributed by atoms with van der Waals surface area (Å²) in [4.78, 5) is 9.49. The molecule has 0 aliphatic heterocycles. The molecule has 3 heteroatoms. The van der Waals surface area contributed by atoms with Gasteiger partial charge >= 0.3 is 0 Å². The number of rotatable bonds is 1. The van der Waals surface area contributed by atoms with Crippen molar-refractivity contribution in [2.45, 2.75) is 40.0 Å². The number of furan rings is 1. The quantitative estimate of drug-likeness (QED) is 0.295. The topological polar surface area (TPSA) is 38.9 Å². The van der Waals surface area contributed by atoms with Crippen LogP contribution in [0, 0.1) is 20.8 Å². The minimum absolute atomic E-state index is 0.215. The lowest BCUT2D eigenvalue weighted by Crippen LogP contribution is -2.16. The average molecular weight is 405 g/mol. The van der Waals surface area contributed by atoms with Crippen LogP contribution in [0.15, 0.2) is 59.3 Å². The molecule has 1 aliphatic carbocycles. The van der Waals surface area contributed by atoms with E-state index in [-0.39, 0.29) is 5.41 Å². The molecule has 2 aromatic carbocycles. The summed E-state index contributed by atoms with van der Waals surface area (Å²) >= 11 is 0. The monoisotopic (exact) mass is 404 g/mol. The number of hydrogen-bond donors (Lipinski definition) is 0. The highest BCUT2D eigenvalue weighted by Gasteiger charge is 2.39. The molecule has 0 saturated heterocycles. The van der Waals surface area contributed by atoms with Crippen molar-refractivity contribution in [3.63, 3.8) is 0 Å². The van der Waals surface area contributed by atoms with Gasteiger partial charge in [0, 0.05) is 45.3 Å². The van der Waals surface area contributed by atoms with E-state index >= 15 is 0 Å². The van der Waals surface area contributed by atoms with E-state index in [9.17, 15) is 0 Å². The van der Waals surface area contributed by atoms with Crippen molar-refractivity contribution in [1.29, 1.82) is 0 Å². The fourth-order valence-corrected chi connectivity index (χ4v) is 5.17. The first-order valence-corrected chi connectivity index (χ1v) is 10.8. The third-order valence-corrected chi connectivity index (χ3v) is 6.96. The maximum absolute atomic E-state index is 6.73. The van der Waals surface area contributed by atoms with Crippen LogP contribution in [0.2, 0.25) is 0 Å². The van der Waals surface area contributed by atoms with E-state index in [0.717, 1.165) is 38.9 Å². The molecule has 0 radical (unpaired) electrons. The van der Waals surface area contributed by atoms with Crippen LogP contribution < -0.4 is 0 Å². The van der Waals surface area contributed by atoms with Gasteiger partial charge in [-0.2, -0.15) is 0 Å². The Morgan fingerprint density at radius 1 is 0.774 bits per heavy atom. The molecule has 152 valence electrons. The number of hydrogen-bond acceptors (Lipinski definition) is 3. The third kappa shape index (κ3) is 2.35. The van der Waals surface area contributed by atoms with Gasteiger partial charge in [-0.1, -0.05) is 24.3 Å². The molecule has 3 aromatic heterocycles. The lowest BCUT2D eigenvalue weighted by molar-refractivity contribution is 0.608. The molecule has 0 saturated carbocycles. The van der Waals surface area contributed by atoms with Gasteiger partial charge in [-0.25, -0.2) is 0 Å². The fourth-order valence-electron chi connectivity index (χ4n) is 5.17. The Hall–Kier alpha value is -3.46. The van der Waals surface area contributed by atoms with E-state index in [1.807, 2.05) is 18.5 Å². The van der Waals surface area contributed by atoms with Gasteiger partial charge in [0.2, 0.25) is 0 Å². The van der Waals surface area contributed by atoms with Crippen molar-refractivity contribution < 1.29 is 4.42 Å². The molecule has 0 fully saturated rings. The van der Waals surface area contributed by atoms with Crippen LogP contribution >= 0.6 is 0 Å². The van der Waals surface area contributed by atoms with E-state index < -0.39 is 0 Å². The normalized spacial score (nSPS) is 14.2. The number of nitrogens with zero attached hydrogens (tertiary/aromatic N) is 2. The maximum atomic E-state index is 6.73. The van der Waals surface area contributed by atoms with Crippen LogP contribution in [0.5, 0.6) is 0 Å². The summed E-state index contributed by atoms with van der Waals surface area (Å²) in [6.45, 7) is 10.8. The molecular weight excluding hydrogens is 380 g/mol. The van der Waals surface area contributed by atoms with Gasteiger partial charge in [-0.3, -0.25) is 9.97 Å². The van der Waals surface area contributed by atoms with Crippen LogP contribution in [-0.4, -0.2) is 9.97 Å². The number of pyridine rings is 2. The standard InChI is InChI=1S/C28H24N2O/c1-15-8-9-19-20-11-10-18-21-7-6-12-29-27(21)28(4,5)24(18)26(20)31-25(19)23(15)22-13-16(2)17(3)14-30-22/h6-14H,1-5H3. The summed E-state index contributed by atoms with van der Waals surface area (Å²) in [5.74, 6) is 0. The van der Waals surface area contributed by atoms with Crippen LogP contribution in [-0.2, 0) is 5.41 Å². The predicted octanol–water partition coefficient (Wildman–Crippen LogP) is 7.27. The first-order valence-electron chi connectivity index (χ1n) is 10.8. The summed E-state index contributed by atoms with van der Waals surface area (Å²) in [5.41, 5.74) is 12.1. The van der Waals surface area contributed by atoms with Crippen LogP contribution in [0.1, 0.15) is 41.8 Å². The van der Waals surface area contributed by atoms with Crippen molar-refractivity contribution in [1.82, 2.24) is 9.97 Å². The molecule has 5 aromatic rings. The van der Waals surface area contributed by atoms with E-state index in [0.29, 0.717) is 0 Å². The number of aryl methyl sites for hydroxylation is 3. The zero-order chi connectivity index (χ0) is 21.5. The first-order chi connectivity index (χ1) is 14.9. The minimum atomic E-state index is -0.215. The molecule has 0 atom stereocenters. The highest BCUT2D eigenvalue weighted by atomic mass is 16.3. The van der Waals surface area contributed by atoms with Crippen molar-refractivity contribution in [2.24, 2.45) is 0 Å². The number of aromatic nitrogens is 2. The van der Waals surface area contributed by atoms with Crippen molar-refractivity contribution in [3.8, 4) is 22.4 Å². The molecule has 0 amide bonds. The highest BCUT2D eigenvalue weighted by molar-refractivity contribution is 6.12. The lowest BCUT2D eigenvalue weighted by Gasteiger charge is -2.20. The summed E-state index contributed by atoms with van der Waals surface area (Å²) in [6, 6.07) is 15.1. The van der Waals surface area contributed by atoms with Crippen LogP contribution in [0.4, 0.5) is 0 Å². The zero-order valence-electron chi connectivity index (χ0n) is 18.5. The van der Waals surface area contributed by atoms with Crippen LogP contribution in [0.3, 0.4) is 0 Å². The molecule has 6 rings (SSSR count). The van der Waals surface area contributed by atoms with Gasteiger partial charge < -0.3 is 4.42 Å². The Morgan fingerprint density at radius 3 is 2.35 bits per heavy atom. The number of fused-ring (bicyclic) bond motifs is 7. The highest BCUT2D eigenvalue weighted by Crippen LogP contribution is 2.52. The largest absolute Gasteiger partial charge is 0.455 e. The van der Waals surface area contributed by atoms with E-state index in [1.54, 1.807) is 0 Å². The number of benzene rings is 2. The smallest absolute Gasteiger partial charge is 0.145 e. The second-order valence-electron chi connectivity index (χ2n) is 9.28. The summed E-state index contributed by atoms with van der Waals surface area (Å²) in [7, 11) is 0. The molecule has 0 spiro atoms. The average Bonchev–Trinajstić information content (AvgIpc) is 3.23. The Labute approximate surface area is 181 Å². The van der Waals surface area contributed by atoms with Gasteiger partial charge in [0.15, 0.2) is 0 Å². The van der Waals surface area contributed by atoms with Gasteiger partial charge in [0.05, 0.1) is 11.4 Å². The van der Waals surface area contributed by atoms with Gasteiger partial charge in [-0.05, 0) is 75.1 Å². The van der Waals surface area contributed by atoms with Crippen molar-refractivity contribution in [3.05, 3.63) is 82.8 Å².